The van der Waals surface area contributed by atoms with Crippen LogP contribution in [0.2, 0.25) is 0 Å². The third kappa shape index (κ3) is 4.33. The summed E-state index contributed by atoms with van der Waals surface area (Å²) < 4.78 is 5.93. The Bertz CT molecular complexity index is 629. The van der Waals surface area contributed by atoms with E-state index in [4.69, 9.17) is 4.74 Å². The highest BCUT2D eigenvalue weighted by molar-refractivity contribution is 5.73. The van der Waals surface area contributed by atoms with E-state index in [2.05, 4.69) is 18.7 Å². The van der Waals surface area contributed by atoms with E-state index in [1.807, 2.05) is 18.2 Å². The maximum atomic E-state index is 11.9. The SMILES string of the molecule is CC(=O)N1CCN(C2CCC2)CC(O)(COc2ccc(C)c(C)c2)C1. The van der Waals surface area contributed by atoms with E-state index in [1.165, 1.54) is 30.4 Å². The minimum absolute atomic E-state index is 0.0139. The van der Waals surface area contributed by atoms with Gasteiger partial charge in [-0.25, -0.2) is 0 Å². The van der Waals surface area contributed by atoms with Gasteiger partial charge in [0.15, 0.2) is 0 Å². The Morgan fingerprint density at radius 2 is 2.00 bits per heavy atom. The number of aliphatic hydroxyl groups is 1. The Hall–Kier alpha value is -1.59. The van der Waals surface area contributed by atoms with Gasteiger partial charge in [0.25, 0.3) is 0 Å². The van der Waals surface area contributed by atoms with Crippen LogP contribution in [0.5, 0.6) is 5.75 Å². The molecule has 0 aromatic heterocycles. The van der Waals surface area contributed by atoms with Crippen molar-refractivity contribution in [3.63, 3.8) is 0 Å². The second kappa shape index (κ2) is 7.34. The summed E-state index contributed by atoms with van der Waals surface area (Å²) in [7, 11) is 0. The van der Waals surface area contributed by atoms with E-state index in [0.717, 1.165) is 12.3 Å². The van der Waals surface area contributed by atoms with Crippen LogP contribution in [-0.2, 0) is 4.79 Å². The van der Waals surface area contributed by atoms with Gasteiger partial charge in [-0.1, -0.05) is 12.5 Å². The van der Waals surface area contributed by atoms with Gasteiger partial charge in [-0.3, -0.25) is 9.69 Å². The molecule has 1 N–H and O–H groups in total. The van der Waals surface area contributed by atoms with Crippen LogP contribution in [0.25, 0.3) is 0 Å². The first kappa shape index (κ1) is 18.2. The number of carbonyl (C=O) groups excluding carboxylic acids is 1. The molecule has 1 aromatic carbocycles. The molecule has 0 bridgehead atoms. The first-order valence-corrected chi connectivity index (χ1v) is 9.28. The van der Waals surface area contributed by atoms with Crippen LogP contribution < -0.4 is 4.74 Å². The zero-order valence-electron chi connectivity index (χ0n) is 15.6. The van der Waals surface area contributed by atoms with Crippen molar-refractivity contribution in [2.45, 2.75) is 51.7 Å². The van der Waals surface area contributed by atoms with Gasteiger partial charge in [0.2, 0.25) is 5.91 Å². The van der Waals surface area contributed by atoms with Gasteiger partial charge in [-0.15, -0.1) is 0 Å². The van der Waals surface area contributed by atoms with Gasteiger partial charge in [0, 0.05) is 32.6 Å². The molecule has 1 amide bonds. The Morgan fingerprint density at radius 3 is 2.60 bits per heavy atom. The third-order valence-corrected chi connectivity index (χ3v) is 5.66. The van der Waals surface area contributed by atoms with Crippen LogP contribution in [0.3, 0.4) is 0 Å². The average Bonchev–Trinajstić information content (AvgIpc) is 2.67. The highest BCUT2D eigenvalue weighted by atomic mass is 16.5. The Labute approximate surface area is 150 Å². The van der Waals surface area contributed by atoms with E-state index in [0.29, 0.717) is 25.7 Å². The van der Waals surface area contributed by atoms with Crippen LogP contribution in [0.15, 0.2) is 18.2 Å². The van der Waals surface area contributed by atoms with Crippen LogP contribution in [-0.4, -0.2) is 65.2 Å². The predicted octanol–water partition coefficient (Wildman–Crippen LogP) is 2.13. The summed E-state index contributed by atoms with van der Waals surface area (Å²) in [5.41, 5.74) is 1.35. The predicted molar refractivity (Wildman–Crippen MR) is 97.8 cm³/mol. The number of aryl methyl sites for hydroxylation is 2. The van der Waals surface area contributed by atoms with Crippen molar-refractivity contribution in [2.24, 2.45) is 0 Å². The number of rotatable bonds is 4. The number of hydrogen-bond acceptors (Lipinski definition) is 4. The second-order valence-corrected chi connectivity index (χ2v) is 7.75. The molecule has 1 aliphatic heterocycles. The number of ether oxygens (including phenoxy) is 1. The van der Waals surface area contributed by atoms with Crippen molar-refractivity contribution in [3.8, 4) is 5.75 Å². The number of nitrogens with zero attached hydrogens (tertiary/aromatic N) is 2. The summed E-state index contributed by atoms with van der Waals surface area (Å²) in [6, 6.07) is 6.51. The van der Waals surface area contributed by atoms with Crippen molar-refractivity contribution in [1.82, 2.24) is 9.80 Å². The molecule has 5 heteroatoms. The van der Waals surface area contributed by atoms with Gasteiger partial charge in [-0.05, 0) is 49.9 Å². The number of amides is 1. The van der Waals surface area contributed by atoms with Crippen LogP contribution >= 0.6 is 0 Å². The van der Waals surface area contributed by atoms with Gasteiger partial charge < -0.3 is 14.7 Å². The molecule has 1 unspecified atom stereocenters. The first-order valence-electron chi connectivity index (χ1n) is 9.28. The maximum absolute atomic E-state index is 11.9. The quantitative estimate of drug-likeness (QED) is 0.907. The highest BCUT2D eigenvalue weighted by Crippen LogP contribution is 2.28. The van der Waals surface area contributed by atoms with Crippen LogP contribution in [0.1, 0.15) is 37.3 Å². The van der Waals surface area contributed by atoms with Crippen LogP contribution in [0.4, 0.5) is 0 Å². The van der Waals surface area contributed by atoms with Crippen molar-refractivity contribution in [1.29, 1.82) is 0 Å². The molecule has 1 saturated heterocycles. The number of carbonyl (C=O) groups is 1. The fourth-order valence-corrected chi connectivity index (χ4v) is 3.64. The summed E-state index contributed by atoms with van der Waals surface area (Å²) in [6.45, 7) is 8.29. The van der Waals surface area contributed by atoms with Crippen LogP contribution in [0, 0.1) is 13.8 Å². The molecule has 1 saturated carbocycles. The molecule has 1 heterocycles. The molecule has 2 fully saturated rings. The molecule has 0 spiro atoms. The fourth-order valence-electron chi connectivity index (χ4n) is 3.64. The van der Waals surface area contributed by atoms with E-state index >= 15 is 0 Å². The largest absolute Gasteiger partial charge is 0.490 e. The molecule has 5 nitrogen and oxygen atoms in total. The van der Waals surface area contributed by atoms with Gasteiger partial charge >= 0.3 is 0 Å². The number of benzene rings is 1. The minimum Gasteiger partial charge on any atom is -0.490 e. The van der Waals surface area contributed by atoms with E-state index in [9.17, 15) is 9.90 Å². The number of hydrogen-bond donors (Lipinski definition) is 1. The standard InChI is InChI=1S/C20H30N2O3/c1-15-7-8-19(11-16(15)2)25-14-20(24)12-21(17(3)23)9-10-22(13-20)18-5-4-6-18/h7-8,11,18,24H,4-6,9-10,12-14H2,1-3H3. The molecule has 1 aromatic rings. The molecule has 1 atom stereocenters. The normalized spacial score (nSPS) is 25.4. The minimum atomic E-state index is -1.05. The Morgan fingerprint density at radius 1 is 1.24 bits per heavy atom. The van der Waals surface area contributed by atoms with Gasteiger partial charge in [-0.2, -0.15) is 0 Å². The molecular formula is C20H30N2O3. The van der Waals surface area contributed by atoms with Crippen molar-refractivity contribution in [3.05, 3.63) is 29.3 Å². The van der Waals surface area contributed by atoms with E-state index in [-0.39, 0.29) is 12.5 Å². The highest BCUT2D eigenvalue weighted by Gasteiger charge is 2.39. The summed E-state index contributed by atoms with van der Waals surface area (Å²) in [6.07, 6.45) is 3.64. The van der Waals surface area contributed by atoms with E-state index in [1.54, 1.807) is 11.8 Å². The molecule has 138 valence electrons. The van der Waals surface area contributed by atoms with Crippen molar-refractivity contribution < 1.29 is 14.6 Å². The molecule has 3 rings (SSSR count). The fraction of sp³-hybridized carbons (Fsp3) is 0.650. The molecule has 0 radical (unpaired) electrons. The van der Waals surface area contributed by atoms with Gasteiger partial charge in [0.1, 0.15) is 18.0 Å². The zero-order valence-corrected chi connectivity index (χ0v) is 15.6. The lowest BCUT2D eigenvalue weighted by Crippen LogP contribution is -2.54. The number of β-amino-alcohol motifs (C(OH)–C–C–N with tert-alkyl or cyclic N) is 1. The third-order valence-electron chi connectivity index (χ3n) is 5.66. The summed E-state index contributed by atoms with van der Waals surface area (Å²) in [5.74, 6) is 0.783. The zero-order chi connectivity index (χ0) is 18.0. The lowest BCUT2D eigenvalue weighted by molar-refractivity contribution is -0.132. The topological polar surface area (TPSA) is 53.0 Å². The Kier molecular flexibility index (Phi) is 5.35. The summed E-state index contributed by atoms with van der Waals surface area (Å²) in [4.78, 5) is 16.0. The van der Waals surface area contributed by atoms with Crippen molar-refractivity contribution >= 4 is 5.91 Å². The lowest BCUT2D eigenvalue weighted by atomic mass is 9.90. The van der Waals surface area contributed by atoms with Gasteiger partial charge in [0.05, 0.1) is 6.54 Å². The first-order chi connectivity index (χ1) is 11.9. The molecule has 2 aliphatic rings. The monoisotopic (exact) mass is 346 g/mol. The summed E-state index contributed by atoms with van der Waals surface area (Å²) >= 11 is 0. The van der Waals surface area contributed by atoms with Crippen molar-refractivity contribution in [2.75, 3.05) is 32.8 Å². The Balaban J connectivity index is 1.71. The molecule has 25 heavy (non-hydrogen) atoms. The smallest absolute Gasteiger partial charge is 0.219 e. The average molecular weight is 346 g/mol. The van der Waals surface area contributed by atoms with E-state index < -0.39 is 5.60 Å². The lowest BCUT2D eigenvalue weighted by Gasteiger charge is -2.40. The maximum Gasteiger partial charge on any atom is 0.219 e. The summed E-state index contributed by atoms with van der Waals surface area (Å²) in [5, 5.41) is 11.2. The molecule has 1 aliphatic carbocycles. The molecular weight excluding hydrogens is 316 g/mol. The second-order valence-electron chi connectivity index (χ2n) is 7.75.